The molecule has 30 heavy (non-hydrogen) atoms. The molecule has 0 saturated heterocycles. The summed E-state index contributed by atoms with van der Waals surface area (Å²) in [5.41, 5.74) is 0.795. The Labute approximate surface area is 170 Å². The molecule has 2 aromatic carbocycles. The first-order chi connectivity index (χ1) is 14.4. The molecule has 9 heteroatoms. The Morgan fingerprint density at radius 3 is 2.73 bits per heavy atom. The highest BCUT2D eigenvalue weighted by molar-refractivity contribution is 5.93. The van der Waals surface area contributed by atoms with Crippen molar-refractivity contribution in [3.8, 4) is 11.5 Å². The first-order valence-corrected chi connectivity index (χ1v) is 9.15. The molecule has 2 N–H and O–H groups in total. The average molecular weight is 417 g/mol. The summed E-state index contributed by atoms with van der Waals surface area (Å²) in [5, 5.41) is 2.73. The number of hydrogen-bond donors (Lipinski definition) is 2. The number of alkyl halides is 3. The van der Waals surface area contributed by atoms with Crippen LogP contribution in [0.4, 0.5) is 19.0 Å². The summed E-state index contributed by atoms with van der Waals surface area (Å²) in [6, 6.07) is 10.4. The van der Waals surface area contributed by atoms with Crippen LogP contribution in [0, 0.1) is 0 Å². The van der Waals surface area contributed by atoms with E-state index in [1.54, 1.807) is 18.2 Å². The van der Waals surface area contributed by atoms with Crippen molar-refractivity contribution in [1.29, 1.82) is 0 Å². The third kappa shape index (κ3) is 3.83. The fourth-order valence-electron chi connectivity index (χ4n) is 3.52. The number of nitrogens with zero attached hydrogens (tertiary/aromatic N) is 1. The molecule has 3 aromatic rings. The molecule has 2 heterocycles. The van der Waals surface area contributed by atoms with Crippen molar-refractivity contribution in [2.75, 3.05) is 12.4 Å². The van der Waals surface area contributed by atoms with Crippen LogP contribution in [0.25, 0.3) is 0 Å². The number of ether oxygens (including phenoxy) is 2. The van der Waals surface area contributed by atoms with E-state index in [2.05, 4.69) is 15.3 Å². The molecular weight excluding hydrogens is 399 g/mol. The molecule has 6 nitrogen and oxygen atoms in total. The number of carbonyl (C=O) groups is 1. The highest BCUT2D eigenvalue weighted by atomic mass is 19.4. The van der Waals surface area contributed by atoms with E-state index in [0.717, 1.165) is 11.6 Å². The number of imidazole rings is 1. The van der Waals surface area contributed by atoms with E-state index in [1.165, 1.54) is 31.6 Å². The Morgan fingerprint density at radius 1 is 1.17 bits per heavy atom. The van der Waals surface area contributed by atoms with Gasteiger partial charge in [0.25, 0.3) is 0 Å². The van der Waals surface area contributed by atoms with Crippen LogP contribution < -0.4 is 14.8 Å². The van der Waals surface area contributed by atoms with Crippen molar-refractivity contribution in [2.24, 2.45) is 0 Å². The maximum atomic E-state index is 13.2. The number of fused-ring (bicyclic) bond motifs is 1. The molecule has 1 amide bonds. The van der Waals surface area contributed by atoms with Gasteiger partial charge in [-0.15, -0.1) is 0 Å². The molecular formula is C21H18F3N3O3. The third-order valence-corrected chi connectivity index (χ3v) is 4.95. The highest BCUT2D eigenvalue weighted by Gasteiger charge is 2.33. The second-order valence-corrected chi connectivity index (χ2v) is 6.82. The fourth-order valence-corrected chi connectivity index (χ4v) is 3.52. The Balaban J connectivity index is 1.59. The molecule has 1 atom stereocenters. The van der Waals surface area contributed by atoms with Crippen molar-refractivity contribution in [3.63, 3.8) is 0 Å². The van der Waals surface area contributed by atoms with E-state index in [9.17, 15) is 18.0 Å². The number of nitrogens with one attached hydrogen (secondary N) is 2. The van der Waals surface area contributed by atoms with Crippen LogP contribution in [-0.4, -0.2) is 23.0 Å². The summed E-state index contributed by atoms with van der Waals surface area (Å²) in [6.45, 7) is -0.263. The van der Waals surface area contributed by atoms with Crippen LogP contribution in [0.3, 0.4) is 0 Å². The number of halogens is 3. The van der Waals surface area contributed by atoms with Gasteiger partial charge in [-0.2, -0.15) is 13.2 Å². The molecule has 0 radical (unpaired) electrons. The highest BCUT2D eigenvalue weighted by Crippen LogP contribution is 2.39. The number of H-pyrrole nitrogens is 1. The number of benzene rings is 2. The van der Waals surface area contributed by atoms with Gasteiger partial charge in [-0.25, -0.2) is 4.98 Å². The Morgan fingerprint density at radius 2 is 1.97 bits per heavy atom. The summed E-state index contributed by atoms with van der Waals surface area (Å²) < 4.78 is 50.6. The Bertz CT molecular complexity index is 1080. The van der Waals surface area contributed by atoms with Crippen LogP contribution in [0.15, 0.2) is 48.8 Å². The van der Waals surface area contributed by atoms with Crippen LogP contribution in [0.5, 0.6) is 11.5 Å². The SMILES string of the molecule is COc1cc(C2CC(=O)Nc3[nH]cnc32)ccc1OCc1ccccc1C(F)(F)F. The number of rotatable bonds is 5. The van der Waals surface area contributed by atoms with Crippen LogP contribution in [0.1, 0.15) is 34.7 Å². The lowest BCUT2D eigenvalue weighted by Gasteiger charge is -2.22. The second kappa shape index (κ2) is 7.74. The van der Waals surface area contributed by atoms with E-state index < -0.39 is 11.7 Å². The van der Waals surface area contributed by atoms with Gasteiger partial charge in [0.1, 0.15) is 12.4 Å². The van der Waals surface area contributed by atoms with Gasteiger partial charge in [0.2, 0.25) is 5.91 Å². The maximum absolute atomic E-state index is 13.2. The topological polar surface area (TPSA) is 76.2 Å². The Hall–Kier alpha value is -3.49. The summed E-state index contributed by atoms with van der Waals surface area (Å²) in [5.74, 6) is 0.814. The van der Waals surface area contributed by atoms with E-state index in [1.807, 2.05) is 0 Å². The number of methoxy groups -OCH3 is 1. The summed E-state index contributed by atoms with van der Waals surface area (Å²) in [7, 11) is 1.45. The minimum Gasteiger partial charge on any atom is -0.493 e. The molecule has 0 aliphatic carbocycles. The molecule has 1 aliphatic heterocycles. The maximum Gasteiger partial charge on any atom is 0.416 e. The van der Waals surface area contributed by atoms with Gasteiger partial charge in [-0.3, -0.25) is 4.79 Å². The minimum absolute atomic E-state index is 0.0289. The third-order valence-electron chi connectivity index (χ3n) is 4.95. The van der Waals surface area contributed by atoms with E-state index in [4.69, 9.17) is 9.47 Å². The van der Waals surface area contributed by atoms with E-state index >= 15 is 0 Å². The predicted molar refractivity (Wildman–Crippen MR) is 102 cm³/mol. The molecule has 1 unspecified atom stereocenters. The Kier molecular flexibility index (Phi) is 5.11. The molecule has 0 bridgehead atoms. The molecule has 1 aliphatic rings. The molecule has 156 valence electrons. The second-order valence-electron chi connectivity index (χ2n) is 6.82. The van der Waals surface area contributed by atoms with Crippen LogP contribution >= 0.6 is 0 Å². The van der Waals surface area contributed by atoms with Gasteiger partial charge in [-0.1, -0.05) is 24.3 Å². The monoisotopic (exact) mass is 417 g/mol. The normalized spacial score (nSPS) is 16.0. The zero-order chi connectivity index (χ0) is 21.3. The molecule has 0 saturated carbocycles. The lowest BCUT2D eigenvalue weighted by atomic mass is 9.89. The smallest absolute Gasteiger partial charge is 0.416 e. The number of aromatic nitrogens is 2. The number of hydrogen-bond acceptors (Lipinski definition) is 4. The zero-order valence-corrected chi connectivity index (χ0v) is 15.9. The van der Waals surface area contributed by atoms with E-state index in [0.29, 0.717) is 23.0 Å². The fraction of sp³-hybridized carbons (Fsp3) is 0.238. The molecule has 1 aromatic heterocycles. The summed E-state index contributed by atoms with van der Waals surface area (Å²) >= 11 is 0. The van der Waals surface area contributed by atoms with Crippen molar-refractivity contribution in [1.82, 2.24) is 9.97 Å². The van der Waals surface area contributed by atoms with Gasteiger partial charge in [0.05, 0.1) is 24.7 Å². The first kappa shape index (κ1) is 19.8. The van der Waals surface area contributed by atoms with Crippen molar-refractivity contribution in [3.05, 3.63) is 71.2 Å². The first-order valence-electron chi connectivity index (χ1n) is 9.15. The number of anilines is 1. The van der Waals surface area contributed by atoms with Gasteiger partial charge in [-0.05, 0) is 23.8 Å². The molecule has 0 spiro atoms. The van der Waals surface area contributed by atoms with Crippen molar-refractivity contribution in [2.45, 2.75) is 25.1 Å². The standard InChI is InChI=1S/C21H18F3N3O3/c1-29-17-8-12(14-9-18(28)27-20-19(14)25-11-26-20)6-7-16(17)30-10-13-4-2-3-5-15(13)21(22,23)24/h2-8,11,14H,9-10H2,1H3,(H,25,26)(H,27,28). The van der Waals surface area contributed by atoms with Gasteiger partial charge in [0.15, 0.2) is 11.5 Å². The van der Waals surface area contributed by atoms with Crippen molar-refractivity contribution >= 4 is 11.7 Å². The minimum atomic E-state index is -4.46. The molecule has 4 rings (SSSR count). The molecule has 0 fully saturated rings. The lowest BCUT2D eigenvalue weighted by molar-refractivity contribution is -0.138. The van der Waals surface area contributed by atoms with Crippen LogP contribution in [-0.2, 0) is 17.6 Å². The summed E-state index contributed by atoms with van der Waals surface area (Å²) in [4.78, 5) is 19.2. The zero-order valence-electron chi connectivity index (χ0n) is 15.9. The lowest BCUT2D eigenvalue weighted by Crippen LogP contribution is -2.23. The quantitative estimate of drug-likeness (QED) is 0.641. The van der Waals surface area contributed by atoms with Gasteiger partial charge in [0, 0.05) is 17.9 Å². The average Bonchev–Trinajstić information content (AvgIpc) is 3.19. The largest absolute Gasteiger partial charge is 0.493 e. The predicted octanol–water partition coefficient (Wildman–Crippen LogP) is 4.49. The van der Waals surface area contributed by atoms with Crippen molar-refractivity contribution < 1.29 is 27.4 Å². The number of amides is 1. The van der Waals surface area contributed by atoms with E-state index in [-0.39, 0.29) is 30.4 Å². The van der Waals surface area contributed by atoms with Gasteiger partial charge < -0.3 is 19.8 Å². The van der Waals surface area contributed by atoms with Crippen LogP contribution in [0.2, 0.25) is 0 Å². The summed E-state index contributed by atoms with van der Waals surface area (Å²) in [6.07, 6.45) is -2.73. The van der Waals surface area contributed by atoms with Gasteiger partial charge >= 0.3 is 6.18 Å². The number of aromatic amines is 1. The number of carbonyl (C=O) groups excluding carboxylic acids is 1.